The molecule has 0 aliphatic carbocycles. The first-order valence-corrected chi connectivity index (χ1v) is 13.6. The fourth-order valence-corrected chi connectivity index (χ4v) is 5.79. The van der Waals surface area contributed by atoms with Gasteiger partial charge in [-0.3, -0.25) is 0 Å². The minimum atomic E-state index is -3.65. The van der Waals surface area contributed by atoms with Gasteiger partial charge in [0.15, 0.2) is 0 Å². The van der Waals surface area contributed by atoms with E-state index in [1.54, 1.807) is 53.0 Å². The van der Waals surface area contributed by atoms with Crippen molar-refractivity contribution >= 4 is 45.6 Å². The van der Waals surface area contributed by atoms with Crippen molar-refractivity contribution in [3.05, 3.63) is 66.6 Å². The first-order chi connectivity index (χ1) is 17.5. The molecule has 4 N–H and O–H groups in total. The number of aromatic nitrogens is 2. The maximum atomic E-state index is 13.5. The molecule has 9 nitrogen and oxygen atoms in total. The fourth-order valence-electron chi connectivity index (χ4n) is 4.10. The zero-order valence-electron chi connectivity index (χ0n) is 20.7. The Kier molecular flexibility index (Phi) is 10.6. The van der Waals surface area contributed by atoms with E-state index in [0.29, 0.717) is 36.2 Å². The maximum absolute atomic E-state index is 13.5. The molecule has 0 atom stereocenters. The lowest BCUT2D eigenvalue weighted by Gasteiger charge is -2.33. The van der Waals surface area contributed by atoms with E-state index in [9.17, 15) is 12.8 Å². The molecule has 1 fully saturated rings. The Morgan fingerprint density at radius 1 is 1.00 bits per heavy atom. The number of sulfonamides is 1. The second-order valence-corrected chi connectivity index (χ2v) is 10.4. The molecule has 37 heavy (non-hydrogen) atoms. The van der Waals surface area contributed by atoms with Crippen molar-refractivity contribution in [3.8, 4) is 0 Å². The highest BCUT2D eigenvalue weighted by Crippen LogP contribution is 2.25. The summed E-state index contributed by atoms with van der Waals surface area (Å²) in [5.74, 6) is 0.573. The number of benzene rings is 2. The first kappa shape index (κ1) is 28.7. The van der Waals surface area contributed by atoms with Gasteiger partial charge in [-0.2, -0.15) is 9.29 Å². The Morgan fingerprint density at radius 2 is 1.65 bits per heavy atom. The topological polar surface area (TPSA) is 111 Å². The van der Waals surface area contributed by atoms with Gasteiger partial charge in [0, 0.05) is 36.7 Å². The van der Waals surface area contributed by atoms with Crippen molar-refractivity contribution < 1.29 is 12.8 Å². The average Bonchev–Trinajstić information content (AvgIpc) is 2.89. The molecule has 0 radical (unpaired) electrons. The molecule has 2 heterocycles. The average molecular weight is 550 g/mol. The summed E-state index contributed by atoms with van der Waals surface area (Å²) in [6.07, 6.45) is 3.19. The number of hydrogen-bond acceptors (Lipinski definition) is 8. The summed E-state index contributed by atoms with van der Waals surface area (Å²) in [6.45, 7) is 5.48. The summed E-state index contributed by atoms with van der Waals surface area (Å²) >= 11 is 0. The molecule has 1 saturated heterocycles. The monoisotopic (exact) mass is 549 g/mol. The lowest BCUT2D eigenvalue weighted by molar-refractivity contribution is 0.262. The molecule has 0 unspecified atom stereocenters. The van der Waals surface area contributed by atoms with Gasteiger partial charge < -0.3 is 21.3 Å². The van der Waals surface area contributed by atoms with Gasteiger partial charge >= 0.3 is 0 Å². The molecular formula is C25H33ClFN7O2S. The zero-order chi connectivity index (χ0) is 25.4. The van der Waals surface area contributed by atoms with Crippen molar-refractivity contribution in [2.24, 2.45) is 0 Å². The third-order valence-electron chi connectivity index (χ3n) is 5.96. The van der Waals surface area contributed by atoms with Gasteiger partial charge in [0.25, 0.3) is 0 Å². The third kappa shape index (κ3) is 7.83. The van der Waals surface area contributed by atoms with Crippen LogP contribution in [0.3, 0.4) is 0 Å². The minimum Gasteiger partial charge on any atom is -0.340 e. The van der Waals surface area contributed by atoms with Crippen LogP contribution >= 0.6 is 12.4 Å². The molecule has 1 aliphatic rings. The largest absolute Gasteiger partial charge is 0.340 e. The quantitative estimate of drug-likeness (QED) is 0.267. The molecule has 0 spiro atoms. The maximum Gasteiger partial charge on any atom is 0.243 e. The number of nitrogens with one attached hydrogen (secondary N) is 4. The van der Waals surface area contributed by atoms with Gasteiger partial charge in [0.2, 0.25) is 16.0 Å². The summed E-state index contributed by atoms with van der Waals surface area (Å²) in [4.78, 5) is 8.91. The number of nitrogens with zero attached hydrogens (tertiary/aromatic N) is 3. The van der Waals surface area contributed by atoms with Crippen LogP contribution in [0.4, 0.5) is 27.5 Å². The van der Waals surface area contributed by atoms with Crippen molar-refractivity contribution in [2.75, 3.05) is 43.4 Å². The highest BCUT2D eigenvalue weighted by atomic mass is 35.5. The van der Waals surface area contributed by atoms with Gasteiger partial charge in [0.1, 0.15) is 11.6 Å². The highest BCUT2D eigenvalue weighted by Gasteiger charge is 2.31. The van der Waals surface area contributed by atoms with Gasteiger partial charge in [-0.15, -0.1) is 12.4 Å². The predicted octanol–water partition coefficient (Wildman–Crippen LogP) is 3.88. The Bertz CT molecular complexity index is 1220. The van der Waals surface area contributed by atoms with E-state index in [-0.39, 0.29) is 29.2 Å². The second kappa shape index (κ2) is 13.6. The van der Waals surface area contributed by atoms with E-state index in [1.165, 1.54) is 12.1 Å². The van der Waals surface area contributed by atoms with Gasteiger partial charge in [-0.05, 0) is 87.1 Å². The Morgan fingerprint density at radius 3 is 2.32 bits per heavy atom. The van der Waals surface area contributed by atoms with Crippen LogP contribution in [0.2, 0.25) is 0 Å². The summed E-state index contributed by atoms with van der Waals surface area (Å²) < 4.78 is 41.9. The molecule has 12 heteroatoms. The molecule has 4 rings (SSSR count). The van der Waals surface area contributed by atoms with Crippen LogP contribution in [0, 0.1) is 5.82 Å². The van der Waals surface area contributed by atoms with Crippen LogP contribution in [0.25, 0.3) is 0 Å². The molecule has 2 aromatic carbocycles. The molecular weight excluding hydrogens is 517 g/mol. The van der Waals surface area contributed by atoms with E-state index in [4.69, 9.17) is 0 Å². The number of likely N-dealkylation sites (N-methyl/N-ethyl adjacent to an activating group) is 1. The lowest BCUT2D eigenvalue weighted by Crippen LogP contribution is -2.48. The van der Waals surface area contributed by atoms with E-state index in [2.05, 4.69) is 31.2 Å². The van der Waals surface area contributed by atoms with Crippen LogP contribution in [0.1, 0.15) is 19.8 Å². The second-order valence-electron chi connectivity index (χ2n) is 8.50. The zero-order valence-corrected chi connectivity index (χ0v) is 22.3. The summed E-state index contributed by atoms with van der Waals surface area (Å²) in [5, 5.41) is 12.7. The minimum absolute atomic E-state index is 0. The van der Waals surface area contributed by atoms with E-state index >= 15 is 0 Å². The molecule has 1 aliphatic heterocycles. The highest BCUT2D eigenvalue weighted by molar-refractivity contribution is 7.89. The van der Waals surface area contributed by atoms with Crippen molar-refractivity contribution in [2.45, 2.75) is 30.7 Å². The van der Waals surface area contributed by atoms with Gasteiger partial charge in [-0.1, -0.05) is 6.92 Å². The Labute approximate surface area is 223 Å². The van der Waals surface area contributed by atoms with Crippen LogP contribution in [-0.4, -0.2) is 61.5 Å². The summed E-state index contributed by atoms with van der Waals surface area (Å²) in [6, 6.07) is 14.3. The smallest absolute Gasteiger partial charge is 0.243 e. The molecule has 0 saturated carbocycles. The standard InChI is InChI=1S/C25H32FN7O2S.ClH/c1-2-27-17-18-33(22-11-14-28-15-12-22)36(34,35)23-9-7-21(8-10-23)31-25-29-16-13-24(32-25)30-20-5-3-19(26)4-6-20;/h3-10,13,16,22,27-28H,2,11-12,14-15,17-18H2,1H3,(H2,29,30,31,32);1H. The van der Waals surface area contributed by atoms with E-state index in [1.807, 2.05) is 6.92 Å². The predicted molar refractivity (Wildman–Crippen MR) is 147 cm³/mol. The molecule has 0 bridgehead atoms. The van der Waals surface area contributed by atoms with Crippen molar-refractivity contribution in [1.29, 1.82) is 0 Å². The van der Waals surface area contributed by atoms with Crippen molar-refractivity contribution in [1.82, 2.24) is 24.9 Å². The van der Waals surface area contributed by atoms with Crippen LogP contribution in [-0.2, 0) is 10.0 Å². The molecule has 1 aromatic heterocycles. The first-order valence-electron chi connectivity index (χ1n) is 12.1. The summed E-state index contributed by atoms with van der Waals surface area (Å²) in [5.41, 5.74) is 1.36. The van der Waals surface area contributed by atoms with Gasteiger partial charge in [-0.25, -0.2) is 17.8 Å². The number of hydrogen-bond donors (Lipinski definition) is 4. The fraction of sp³-hybridized carbons (Fsp3) is 0.360. The number of rotatable bonds is 11. The SMILES string of the molecule is CCNCCN(C1CCNCC1)S(=O)(=O)c1ccc(Nc2nccc(Nc3ccc(F)cc3)n2)cc1.Cl. The van der Waals surface area contributed by atoms with Crippen LogP contribution in [0.5, 0.6) is 0 Å². The summed E-state index contributed by atoms with van der Waals surface area (Å²) in [7, 11) is -3.65. The number of piperidine rings is 1. The van der Waals surface area contributed by atoms with Crippen LogP contribution in [0.15, 0.2) is 65.7 Å². The molecule has 3 aromatic rings. The number of halogens is 2. The third-order valence-corrected chi connectivity index (χ3v) is 7.93. The normalized spacial score (nSPS) is 14.2. The number of anilines is 4. The lowest BCUT2D eigenvalue weighted by atomic mass is 10.1. The Balaban J connectivity index is 0.00000380. The van der Waals surface area contributed by atoms with Gasteiger partial charge in [0.05, 0.1) is 4.90 Å². The molecule has 200 valence electrons. The Hall–Kier alpha value is -2.83. The molecule has 0 amide bonds. The van der Waals surface area contributed by atoms with Crippen molar-refractivity contribution in [3.63, 3.8) is 0 Å². The van der Waals surface area contributed by atoms with E-state index < -0.39 is 10.0 Å². The van der Waals surface area contributed by atoms with Crippen LogP contribution < -0.4 is 21.3 Å². The van der Waals surface area contributed by atoms with E-state index in [0.717, 1.165) is 32.5 Å².